The molecule has 0 amide bonds. The topological polar surface area (TPSA) is 24.5 Å². The number of hydrogen-bond acceptors (Lipinski definition) is 3. The van der Waals surface area contributed by atoms with Crippen molar-refractivity contribution in [1.29, 1.82) is 0 Å². The zero-order valence-corrected chi connectivity index (χ0v) is 13.8. The highest BCUT2D eigenvalue weighted by molar-refractivity contribution is 5.28. The van der Waals surface area contributed by atoms with E-state index in [4.69, 9.17) is 4.74 Å². The van der Waals surface area contributed by atoms with Gasteiger partial charge < -0.3 is 15.0 Å². The van der Waals surface area contributed by atoms with Crippen LogP contribution >= 0.6 is 0 Å². The minimum atomic E-state index is 0.509. The third kappa shape index (κ3) is 6.06. The van der Waals surface area contributed by atoms with E-state index in [0.717, 1.165) is 31.4 Å². The second-order valence-corrected chi connectivity index (χ2v) is 6.59. The average Bonchev–Trinajstić information content (AvgIpc) is 2.41. The van der Waals surface area contributed by atoms with Crippen molar-refractivity contribution in [3.63, 3.8) is 0 Å². The number of nitrogens with zero attached hydrogens (tertiary/aromatic N) is 1. The Labute approximate surface area is 129 Å². The Morgan fingerprint density at radius 1 is 1.33 bits per heavy atom. The largest absolute Gasteiger partial charge is 0.492 e. The van der Waals surface area contributed by atoms with Crippen molar-refractivity contribution < 1.29 is 4.74 Å². The fraction of sp³-hybridized carbons (Fsp3) is 0.667. The summed E-state index contributed by atoms with van der Waals surface area (Å²) in [6, 6.07) is 8.91. The predicted molar refractivity (Wildman–Crippen MR) is 88.8 cm³/mol. The first-order valence-corrected chi connectivity index (χ1v) is 8.27. The van der Waals surface area contributed by atoms with Gasteiger partial charge in [-0.15, -0.1) is 0 Å². The molecule has 0 atom stereocenters. The van der Waals surface area contributed by atoms with Gasteiger partial charge in [-0.2, -0.15) is 0 Å². The summed E-state index contributed by atoms with van der Waals surface area (Å²) in [4.78, 5) is 2.40. The third-order valence-corrected chi connectivity index (χ3v) is 4.15. The Balaban J connectivity index is 1.68. The van der Waals surface area contributed by atoms with Crippen LogP contribution in [0.15, 0.2) is 24.3 Å². The lowest BCUT2D eigenvalue weighted by molar-refractivity contribution is 0.177. The second kappa shape index (κ2) is 8.40. The second-order valence-electron chi connectivity index (χ2n) is 6.59. The van der Waals surface area contributed by atoms with Crippen LogP contribution in [0, 0.1) is 5.92 Å². The maximum atomic E-state index is 5.89. The van der Waals surface area contributed by atoms with Crippen molar-refractivity contribution in [3.05, 3.63) is 29.8 Å². The minimum absolute atomic E-state index is 0.509. The van der Waals surface area contributed by atoms with E-state index in [9.17, 15) is 0 Å². The molecule has 0 bridgehead atoms. The highest BCUT2D eigenvalue weighted by atomic mass is 16.5. The van der Waals surface area contributed by atoms with Crippen molar-refractivity contribution >= 4 is 0 Å². The molecule has 1 aromatic rings. The Morgan fingerprint density at radius 3 is 2.81 bits per heavy atom. The molecule has 0 unspecified atom stereocenters. The molecule has 0 aliphatic heterocycles. The van der Waals surface area contributed by atoms with Gasteiger partial charge in [-0.05, 0) is 43.5 Å². The van der Waals surface area contributed by atoms with Gasteiger partial charge in [0.2, 0.25) is 0 Å². The third-order valence-electron chi connectivity index (χ3n) is 4.15. The molecular weight excluding hydrogens is 260 g/mol. The van der Waals surface area contributed by atoms with Crippen LogP contribution < -0.4 is 10.1 Å². The van der Waals surface area contributed by atoms with Gasteiger partial charge in [0.25, 0.3) is 0 Å². The molecule has 1 aliphatic carbocycles. The predicted octanol–water partition coefficient (Wildman–Crippen LogP) is 3.30. The molecule has 118 valence electrons. The number of nitrogens with one attached hydrogen (secondary N) is 1. The summed E-state index contributed by atoms with van der Waals surface area (Å²) in [5, 5.41) is 3.43. The molecular formula is C18H30N2O. The molecule has 3 heteroatoms. The van der Waals surface area contributed by atoms with E-state index < -0.39 is 0 Å². The maximum Gasteiger partial charge on any atom is 0.119 e. The Kier molecular flexibility index (Phi) is 6.52. The molecule has 1 fully saturated rings. The van der Waals surface area contributed by atoms with Crippen molar-refractivity contribution in [3.8, 4) is 5.75 Å². The summed E-state index contributed by atoms with van der Waals surface area (Å²) in [7, 11) is 2.20. The van der Waals surface area contributed by atoms with E-state index in [2.05, 4.69) is 49.3 Å². The summed E-state index contributed by atoms with van der Waals surface area (Å²) < 4.78 is 5.89. The number of likely N-dealkylation sites (N-methyl/N-ethyl adjacent to an activating group) is 1. The molecule has 1 aliphatic rings. The SMILES string of the molecule is CC(C)NCc1cccc(OCCN(C)CC2CCC2)c1. The van der Waals surface area contributed by atoms with Gasteiger partial charge in [0.1, 0.15) is 12.4 Å². The first-order valence-electron chi connectivity index (χ1n) is 8.27. The molecule has 1 N–H and O–H groups in total. The van der Waals surface area contributed by atoms with Crippen molar-refractivity contribution in [1.82, 2.24) is 10.2 Å². The van der Waals surface area contributed by atoms with Crippen LogP contribution in [0.25, 0.3) is 0 Å². The van der Waals surface area contributed by atoms with Gasteiger partial charge in [-0.25, -0.2) is 0 Å². The summed E-state index contributed by atoms with van der Waals surface area (Å²) in [6.07, 6.45) is 4.25. The minimum Gasteiger partial charge on any atom is -0.492 e. The van der Waals surface area contributed by atoms with Crippen LogP contribution in [0.3, 0.4) is 0 Å². The molecule has 1 saturated carbocycles. The normalized spacial score (nSPS) is 15.5. The van der Waals surface area contributed by atoms with E-state index in [1.165, 1.54) is 31.4 Å². The fourth-order valence-corrected chi connectivity index (χ4v) is 2.59. The van der Waals surface area contributed by atoms with E-state index in [-0.39, 0.29) is 0 Å². The monoisotopic (exact) mass is 290 g/mol. The Morgan fingerprint density at radius 2 is 2.14 bits per heavy atom. The summed E-state index contributed by atoms with van der Waals surface area (Å²) in [5.41, 5.74) is 1.28. The molecule has 3 nitrogen and oxygen atoms in total. The highest BCUT2D eigenvalue weighted by Gasteiger charge is 2.18. The van der Waals surface area contributed by atoms with Crippen molar-refractivity contribution in [2.75, 3.05) is 26.7 Å². The number of ether oxygens (including phenoxy) is 1. The van der Waals surface area contributed by atoms with E-state index in [1.54, 1.807) is 0 Å². The molecule has 2 rings (SSSR count). The number of benzene rings is 1. The number of hydrogen-bond donors (Lipinski definition) is 1. The summed E-state index contributed by atoms with van der Waals surface area (Å²) >= 11 is 0. The van der Waals surface area contributed by atoms with Crippen LogP contribution in [0.2, 0.25) is 0 Å². The van der Waals surface area contributed by atoms with E-state index in [0.29, 0.717) is 6.04 Å². The molecule has 1 aromatic carbocycles. The maximum absolute atomic E-state index is 5.89. The van der Waals surface area contributed by atoms with Crippen LogP contribution in [-0.4, -0.2) is 37.7 Å². The van der Waals surface area contributed by atoms with Gasteiger partial charge in [0, 0.05) is 25.7 Å². The van der Waals surface area contributed by atoms with Crippen LogP contribution in [0.1, 0.15) is 38.7 Å². The zero-order valence-electron chi connectivity index (χ0n) is 13.8. The lowest BCUT2D eigenvalue weighted by Gasteiger charge is -2.30. The zero-order chi connectivity index (χ0) is 15.1. The van der Waals surface area contributed by atoms with Crippen molar-refractivity contribution in [2.45, 2.75) is 45.7 Å². The van der Waals surface area contributed by atoms with Crippen LogP contribution in [-0.2, 0) is 6.54 Å². The quantitative estimate of drug-likeness (QED) is 0.755. The molecule has 0 radical (unpaired) electrons. The van der Waals surface area contributed by atoms with Gasteiger partial charge in [-0.1, -0.05) is 32.4 Å². The van der Waals surface area contributed by atoms with Gasteiger partial charge in [-0.3, -0.25) is 0 Å². The van der Waals surface area contributed by atoms with Crippen LogP contribution in [0.5, 0.6) is 5.75 Å². The van der Waals surface area contributed by atoms with E-state index >= 15 is 0 Å². The molecule has 0 spiro atoms. The lowest BCUT2D eigenvalue weighted by atomic mass is 9.85. The first kappa shape index (κ1) is 16.3. The van der Waals surface area contributed by atoms with Crippen LogP contribution in [0.4, 0.5) is 0 Å². The first-order chi connectivity index (χ1) is 10.1. The molecule has 21 heavy (non-hydrogen) atoms. The lowest BCUT2D eigenvalue weighted by Crippen LogP contribution is -2.32. The highest BCUT2D eigenvalue weighted by Crippen LogP contribution is 2.26. The average molecular weight is 290 g/mol. The van der Waals surface area contributed by atoms with Gasteiger partial charge in [0.15, 0.2) is 0 Å². The molecule has 0 heterocycles. The summed E-state index contributed by atoms with van der Waals surface area (Å²) in [6.45, 7) is 8.23. The number of rotatable bonds is 9. The fourth-order valence-electron chi connectivity index (χ4n) is 2.59. The Hall–Kier alpha value is -1.06. The Bertz CT molecular complexity index is 415. The smallest absolute Gasteiger partial charge is 0.119 e. The molecule has 0 saturated heterocycles. The van der Waals surface area contributed by atoms with Gasteiger partial charge in [0.05, 0.1) is 0 Å². The molecule has 0 aromatic heterocycles. The standard InChI is InChI=1S/C18H30N2O/c1-15(2)19-13-17-8-5-9-18(12-17)21-11-10-20(3)14-16-6-4-7-16/h5,8-9,12,15-16,19H,4,6-7,10-11,13-14H2,1-3H3. The summed E-state index contributed by atoms with van der Waals surface area (Å²) in [5.74, 6) is 1.91. The van der Waals surface area contributed by atoms with Gasteiger partial charge >= 0.3 is 0 Å². The van der Waals surface area contributed by atoms with Crippen molar-refractivity contribution in [2.24, 2.45) is 5.92 Å². The van der Waals surface area contributed by atoms with E-state index in [1.807, 2.05) is 6.07 Å².